The van der Waals surface area contributed by atoms with Crippen molar-refractivity contribution in [1.29, 1.82) is 0 Å². The molecule has 0 spiro atoms. The average molecular weight is 459 g/mol. The number of aromatic nitrogens is 2. The molecule has 0 aliphatic carbocycles. The summed E-state index contributed by atoms with van der Waals surface area (Å²) < 4.78 is 32.4. The molecule has 0 saturated carbocycles. The fourth-order valence-corrected chi connectivity index (χ4v) is 5.43. The van der Waals surface area contributed by atoms with Gasteiger partial charge in [-0.1, -0.05) is 52.1 Å². The first-order valence-corrected chi connectivity index (χ1v) is 10.9. The molecule has 3 aromatic rings. The molecule has 6 nitrogen and oxygen atoms in total. The molecular weight excluding hydrogens is 445 g/mol. The molecule has 2 aromatic carbocycles. The Bertz CT molecular complexity index is 1160. The Kier molecular flexibility index (Phi) is 5.14. The lowest BCUT2D eigenvalue weighted by molar-refractivity contribution is 0.217. The normalized spacial score (nSPS) is 15.6. The number of hydrogen-bond donors (Lipinski definition) is 0. The van der Waals surface area contributed by atoms with Crippen molar-refractivity contribution >= 4 is 44.8 Å². The molecule has 28 heavy (non-hydrogen) atoms. The second-order valence-electron chi connectivity index (χ2n) is 6.52. The van der Waals surface area contributed by atoms with Gasteiger partial charge in [0.2, 0.25) is 21.7 Å². The third-order valence-electron chi connectivity index (χ3n) is 4.55. The summed E-state index contributed by atoms with van der Waals surface area (Å²) in [6, 6.07) is 10.0. The van der Waals surface area contributed by atoms with Crippen LogP contribution in [-0.2, 0) is 10.0 Å². The van der Waals surface area contributed by atoms with Crippen molar-refractivity contribution < 1.29 is 12.9 Å². The topological polar surface area (TPSA) is 76.3 Å². The van der Waals surface area contributed by atoms with Gasteiger partial charge in [0.25, 0.3) is 0 Å². The highest BCUT2D eigenvalue weighted by Crippen LogP contribution is 2.36. The Labute approximate surface area is 177 Å². The molecule has 0 unspecified atom stereocenters. The largest absolute Gasteiger partial charge is 0.339 e. The molecule has 146 valence electrons. The minimum absolute atomic E-state index is 0.0414. The van der Waals surface area contributed by atoms with Crippen LogP contribution in [0.1, 0.15) is 17.4 Å². The van der Waals surface area contributed by atoms with E-state index >= 15 is 0 Å². The van der Waals surface area contributed by atoms with Crippen LogP contribution in [0.15, 0.2) is 45.8 Å². The molecule has 4 rings (SSSR count). The summed E-state index contributed by atoms with van der Waals surface area (Å²) in [4.78, 5) is 4.42. The van der Waals surface area contributed by atoms with E-state index in [9.17, 15) is 8.42 Å². The highest BCUT2D eigenvalue weighted by Gasteiger charge is 2.41. The molecule has 1 aromatic heterocycles. The van der Waals surface area contributed by atoms with Crippen LogP contribution in [0.3, 0.4) is 0 Å². The van der Waals surface area contributed by atoms with Crippen molar-refractivity contribution in [1.82, 2.24) is 14.4 Å². The SMILES string of the molecule is Cc1cc(S(=O)(=O)N2CC(c3nc(-c4cccc(Cl)c4)no3)C2)c(Cl)cc1Cl. The first-order chi connectivity index (χ1) is 13.3. The number of sulfonamides is 1. The molecule has 1 saturated heterocycles. The fourth-order valence-electron chi connectivity index (χ4n) is 2.90. The monoisotopic (exact) mass is 457 g/mol. The summed E-state index contributed by atoms with van der Waals surface area (Å²) >= 11 is 18.1. The minimum Gasteiger partial charge on any atom is -0.339 e. The first kappa shape index (κ1) is 19.7. The second kappa shape index (κ2) is 7.31. The van der Waals surface area contributed by atoms with E-state index in [1.165, 1.54) is 16.4 Å². The Morgan fingerprint density at radius 3 is 2.57 bits per heavy atom. The molecule has 2 heterocycles. The maximum Gasteiger partial charge on any atom is 0.244 e. The molecule has 1 fully saturated rings. The molecule has 1 aliphatic rings. The Balaban J connectivity index is 1.51. The zero-order chi connectivity index (χ0) is 20.1. The average Bonchev–Trinajstić information content (AvgIpc) is 3.06. The zero-order valence-corrected chi connectivity index (χ0v) is 17.6. The second-order valence-corrected chi connectivity index (χ2v) is 9.67. The summed E-state index contributed by atoms with van der Waals surface area (Å²) in [5.74, 6) is 0.623. The van der Waals surface area contributed by atoms with Gasteiger partial charge in [-0.3, -0.25) is 0 Å². The van der Waals surface area contributed by atoms with Crippen molar-refractivity contribution in [3.63, 3.8) is 0 Å². The van der Waals surface area contributed by atoms with Gasteiger partial charge in [0, 0.05) is 28.7 Å². The van der Waals surface area contributed by atoms with Crippen molar-refractivity contribution in [2.24, 2.45) is 0 Å². The number of rotatable bonds is 4. The van der Waals surface area contributed by atoms with Crippen LogP contribution in [0.4, 0.5) is 0 Å². The van der Waals surface area contributed by atoms with Crippen LogP contribution in [0.25, 0.3) is 11.4 Å². The van der Waals surface area contributed by atoms with E-state index in [2.05, 4.69) is 10.1 Å². The van der Waals surface area contributed by atoms with Crippen molar-refractivity contribution in [2.45, 2.75) is 17.7 Å². The van der Waals surface area contributed by atoms with Crippen LogP contribution in [0.5, 0.6) is 0 Å². The van der Waals surface area contributed by atoms with Gasteiger partial charge in [0.15, 0.2) is 0 Å². The van der Waals surface area contributed by atoms with Gasteiger partial charge in [-0.2, -0.15) is 9.29 Å². The van der Waals surface area contributed by atoms with Gasteiger partial charge in [-0.15, -0.1) is 0 Å². The quantitative estimate of drug-likeness (QED) is 0.561. The number of hydrogen-bond acceptors (Lipinski definition) is 5. The summed E-state index contributed by atoms with van der Waals surface area (Å²) in [5.41, 5.74) is 1.37. The van der Waals surface area contributed by atoms with Crippen molar-refractivity contribution in [3.8, 4) is 11.4 Å². The van der Waals surface area contributed by atoms with E-state index in [4.69, 9.17) is 39.3 Å². The van der Waals surface area contributed by atoms with E-state index in [0.29, 0.717) is 27.3 Å². The maximum atomic E-state index is 12.9. The van der Waals surface area contributed by atoms with E-state index in [0.717, 1.165) is 5.56 Å². The van der Waals surface area contributed by atoms with Crippen molar-refractivity contribution in [3.05, 3.63) is 62.9 Å². The van der Waals surface area contributed by atoms with Gasteiger partial charge < -0.3 is 4.52 Å². The molecule has 0 radical (unpaired) electrons. The molecule has 0 bridgehead atoms. The lowest BCUT2D eigenvalue weighted by Gasteiger charge is -2.36. The Hall–Kier alpha value is -1.64. The third kappa shape index (κ3) is 3.53. The highest BCUT2D eigenvalue weighted by atomic mass is 35.5. The standard InChI is InChI=1S/C18H14Cl3N3O3S/c1-10-5-16(15(21)7-14(10)20)28(25,26)24-8-12(9-24)18-22-17(23-27-18)11-3-2-4-13(19)6-11/h2-7,12H,8-9H2,1H3. The first-order valence-electron chi connectivity index (χ1n) is 8.31. The number of benzene rings is 2. The number of nitrogens with zero attached hydrogens (tertiary/aromatic N) is 3. The molecule has 0 N–H and O–H groups in total. The molecule has 1 aliphatic heterocycles. The van der Waals surface area contributed by atoms with E-state index < -0.39 is 10.0 Å². The van der Waals surface area contributed by atoms with Crippen LogP contribution in [0.2, 0.25) is 15.1 Å². The van der Waals surface area contributed by atoms with E-state index in [1.54, 1.807) is 25.1 Å². The molecule has 10 heteroatoms. The minimum atomic E-state index is -3.73. The van der Waals surface area contributed by atoms with Gasteiger partial charge in [-0.25, -0.2) is 8.42 Å². The van der Waals surface area contributed by atoms with Crippen molar-refractivity contribution in [2.75, 3.05) is 13.1 Å². The third-order valence-corrected chi connectivity index (χ3v) is 7.49. The summed E-state index contributed by atoms with van der Waals surface area (Å²) in [7, 11) is -3.73. The van der Waals surface area contributed by atoms with Crippen LogP contribution >= 0.6 is 34.8 Å². The van der Waals surface area contributed by atoms with Gasteiger partial charge >= 0.3 is 0 Å². The number of aryl methyl sites for hydroxylation is 1. The lowest BCUT2D eigenvalue weighted by atomic mass is 10.0. The predicted octanol–water partition coefficient (Wildman–Crippen LogP) is 4.79. The Morgan fingerprint density at radius 2 is 1.86 bits per heavy atom. The summed E-state index contributed by atoms with van der Waals surface area (Å²) in [6.07, 6.45) is 0. The maximum absolute atomic E-state index is 12.9. The summed E-state index contributed by atoms with van der Waals surface area (Å²) in [6.45, 7) is 2.20. The van der Waals surface area contributed by atoms with E-state index in [-0.39, 0.29) is 28.9 Å². The smallest absolute Gasteiger partial charge is 0.244 e. The molecule has 0 amide bonds. The molecular formula is C18H14Cl3N3O3S. The van der Waals surface area contributed by atoms with Crippen LogP contribution < -0.4 is 0 Å². The highest BCUT2D eigenvalue weighted by molar-refractivity contribution is 7.89. The zero-order valence-electron chi connectivity index (χ0n) is 14.6. The van der Waals surface area contributed by atoms with Gasteiger partial charge in [0.1, 0.15) is 4.90 Å². The predicted molar refractivity (Wildman–Crippen MR) is 107 cm³/mol. The van der Waals surface area contributed by atoms with Crippen LogP contribution in [-0.4, -0.2) is 36.0 Å². The number of halogens is 3. The van der Waals surface area contributed by atoms with E-state index in [1.807, 2.05) is 6.07 Å². The molecule has 0 atom stereocenters. The fraction of sp³-hybridized carbons (Fsp3) is 0.222. The van der Waals surface area contributed by atoms with Crippen LogP contribution in [0, 0.1) is 6.92 Å². The van der Waals surface area contributed by atoms with Gasteiger partial charge in [-0.05, 0) is 36.8 Å². The lowest BCUT2D eigenvalue weighted by Crippen LogP contribution is -2.48. The summed E-state index contributed by atoms with van der Waals surface area (Å²) in [5, 5.41) is 5.05. The Morgan fingerprint density at radius 1 is 1.11 bits per heavy atom. The van der Waals surface area contributed by atoms with Gasteiger partial charge in [0.05, 0.1) is 10.9 Å².